The number of H-pyrrole nitrogens is 1. The first kappa shape index (κ1) is 32.4. The molecule has 4 aliphatic rings. The number of piperazine rings is 1. The molecule has 252 valence electrons. The van der Waals surface area contributed by atoms with E-state index in [1.807, 2.05) is 22.1 Å². The highest BCUT2D eigenvalue weighted by atomic mass is 35.5. The van der Waals surface area contributed by atoms with Crippen LogP contribution in [0.5, 0.6) is 0 Å². The number of anilines is 1. The van der Waals surface area contributed by atoms with E-state index < -0.39 is 0 Å². The molecule has 2 amide bonds. The zero-order valence-electron chi connectivity index (χ0n) is 27.5. The number of likely N-dealkylation sites (tertiary alicyclic amines) is 1. The van der Waals surface area contributed by atoms with Gasteiger partial charge in [0.2, 0.25) is 11.8 Å². The Kier molecular flexibility index (Phi) is 8.78. The first-order chi connectivity index (χ1) is 22.6. The molecule has 0 bridgehead atoms. The molecule has 0 aliphatic carbocycles. The molecule has 4 aliphatic heterocycles. The number of nitrogens with zero attached hydrogens (tertiary/aromatic N) is 7. The fourth-order valence-corrected chi connectivity index (χ4v) is 8.90. The average molecular weight is 684 g/mol. The smallest absolute Gasteiger partial charge is 0.248 e. The summed E-state index contributed by atoms with van der Waals surface area (Å²) < 4.78 is 7.73. The number of morpholine rings is 1. The van der Waals surface area contributed by atoms with E-state index in [0.717, 1.165) is 91.9 Å². The van der Waals surface area contributed by atoms with Crippen molar-refractivity contribution in [3.05, 3.63) is 40.7 Å². The largest absolute Gasteiger partial charge is 0.369 e. The summed E-state index contributed by atoms with van der Waals surface area (Å²) in [5.74, 6) is 1.52. The monoisotopic (exact) mass is 682 g/mol. The quantitative estimate of drug-likeness (QED) is 0.368. The first-order valence-corrected chi connectivity index (χ1v) is 17.5. The van der Waals surface area contributed by atoms with Crippen LogP contribution in [0.15, 0.2) is 24.9 Å². The molecular weight excluding hydrogens is 639 g/mol. The Bertz CT molecular complexity index is 1690. The molecule has 1 aromatic carbocycles. The summed E-state index contributed by atoms with van der Waals surface area (Å²) in [5, 5.41) is 14.7. The van der Waals surface area contributed by atoms with Gasteiger partial charge in [-0.25, -0.2) is 0 Å². The number of ether oxygens (including phenoxy) is 1. The lowest BCUT2D eigenvalue weighted by Crippen LogP contribution is -2.61. The number of aromatic nitrogens is 4. The lowest BCUT2D eigenvalue weighted by molar-refractivity contribution is -0.152. The normalized spacial score (nSPS) is 24.2. The zero-order valence-corrected chi connectivity index (χ0v) is 29.0. The molecule has 11 nitrogen and oxygen atoms in total. The van der Waals surface area contributed by atoms with Crippen molar-refractivity contribution in [2.45, 2.75) is 64.1 Å². The van der Waals surface area contributed by atoms with Crippen LogP contribution in [0.2, 0.25) is 10.0 Å². The fourth-order valence-electron chi connectivity index (χ4n) is 8.45. The van der Waals surface area contributed by atoms with E-state index in [-0.39, 0.29) is 36.0 Å². The van der Waals surface area contributed by atoms with Gasteiger partial charge in [0, 0.05) is 73.6 Å². The number of halogens is 2. The van der Waals surface area contributed by atoms with Crippen molar-refractivity contribution in [3.63, 3.8) is 0 Å². The number of benzene rings is 1. The third kappa shape index (κ3) is 5.94. The highest BCUT2D eigenvalue weighted by molar-refractivity contribution is 6.45. The molecule has 7 rings (SSSR count). The second-order valence-corrected chi connectivity index (χ2v) is 15.0. The van der Waals surface area contributed by atoms with Crippen molar-refractivity contribution in [3.8, 4) is 11.1 Å². The van der Waals surface area contributed by atoms with Gasteiger partial charge < -0.3 is 19.4 Å². The van der Waals surface area contributed by atoms with Crippen molar-refractivity contribution >= 4 is 51.7 Å². The Morgan fingerprint density at radius 2 is 1.91 bits per heavy atom. The maximum Gasteiger partial charge on any atom is 0.248 e. The second kappa shape index (κ2) is 12.7. The molecule has 1 N–H and O–H groups in total. The van der Waals surface area contributed by atoms with Gasteiger partial charge >= 0.3 is 0 Å². The van der Waals surface area contributed by atoms with Crippen LogP contribution in [0.1, 0.15) is 51.3 Å². The standard InChI is InChI=1S/C34H44Cl2N8O3/c1-5-28(45)41-9-7-23(8-10-41)44-21(2)30(31-25-16-37-38-27(25)14-26(35)32(31)36)33(39-44)43-11-6-22(15-34(43,3)4)17-40-12-13-42-24(18-40)19-47-20-29(42)46/h5,14,16,22-24H,1,6-13,15,17-20H2,2-4H3,(H,37,38)/t22-,24+/m1/s1. The van der Waals surface area contributed by atoms with E-state index in [0.29, 0.717) is 35.7 Å². The Labute approximate surface area is 285 Å². The topological polar surface area (TPSA) is 103 Å². The summed E-state index contributed by atoms with van der Waals surface area (Å²) in [4.78, 5) is 33.5. The van der Waals surface area contributed by atoms with E-state index in [1.165, 1.54) is 6.08 Å². The van der Waals surface area contributed by atoms with E-state index in [2.05, 4.69) is 52.0 Å². The van der Waals surface area contributed by atoms with Crippen LogP contribution < -0.4 is 4.90 Å². The maximum atomic E-state index is 12.3. The second-order valence-electron chi connectivity index (χ2n) is 14.2. The zero-order chi connectivity index (χ0) is 33.0. The van der Waals surface area contributed by atoms with Gasteiger partial charge in [-0.2, -0.15) is 10.2 Å². The van der Waals surface area contributed by atoms with Gasteiger partial charge in [-0.3, -0.25) is 24.3 Å². The van der Waals surface area contributed by atoms with Crippen molar-refractivity contribution in [2.24, 2.45) is 5.92 Å². The van der Waals surface area contributed by atoms with Crippen LogP contribution >= 0.6 is 23.2 Å². The molecule has 47 heavy (non-hydrogen) atoms. The third-order valence-corrected chi connectivity index (χ3v) is 11.6. The minimum absolute atomic E-state index is 0.0258. The number of carbonyl (C=O) groups excluding carboxylic acids is 2. The highest BCUT2D eigenvalue weighted by Gasteiger charge is 2.41. The molecule has 13 heteroatoms. The van der Waals surface area contributed by atoms with E-state index in [1.54, 1.807) is 0 Å². The van der Waals surface area contributed by atoms with Crippen LogP contribution in [0.25, 0.3) is 22.0 Å². The van der Waals surface area contributed by atoms with Crippen LogP contribution in [0, 0.1) is 12.8 Å². The van der Waals surface area contributed by atoms with Gasteiger partial charge in [-0.15, -0.1) is 0 Å². The van der Waals surface area contributed by atoms with Crippen molar-refractivity contribution in [1.82, 2.24) is 34.7 Å². The van der Waals surface area contributed by atoms with Gasteiger partial charge in [0.15, 0.2) is 5.82 Å². The number of nitrogens with one attached hydrogen (secondary N) is 1. The summed E-state index contributed by atoms with van der Waals surface area (Å²) in [5.41, 5.74) is 3.50. The summed E-state index contributed by atoms with van der Waals surface area (Å²) in [6.07, 6.45) is 6.86. The first-order valence-electron chi connectivity index (χ1n) is 16.7. The molecule has 2 aromatic heterocycles. The molecule has 0 unspecified atom stereocenters. The Morgan fingerprint density at radius 3 is 2.66 bits per heavy atom. The lowest BCUT2D eigenvalue weighted by atomic mass is 9.81. The molecular formula is C34H44Cl2N8O3. The molecule has 3 aromatic rings. The molecule has 6 heterocycles. The van der Waals surface area contributed by atoms with Crippen LogP contribution in [0.4, 0.5) is 5.82 Å². The number of hydrogen-bond donors (Lipinski definition) is 1. The molecule has 4 saturated heterocycles. The Morgan fingerprint density at radius 1 is 1.13 bits per heavy atom. The number of rotatable bonds is 6. The molecule has 2 atom stereocenters. The van der Waals surface area contributed by atoms with Crippen molar-refractivity contribution in [1.29, 1.82) is 0 Å². The van der Waals surface area contributed by atoms with Gasteiger partial charge in [0.05, 0.1) is 40.4 Å². The number of piperidine rings is 2. The minimum atomic E-state index is -0.185. The van der Waals surface area contributed by atoms with E-state index >= 15 is 0 Å². The molecule has 0 saturated carbocycles. The summed E-state index contributed by atoms with van der Waals surface area (Å²) in [6.45, 7) is 17.0. The maximum absolute atomic E-state index is 12.3. The third-order valence-electron chi connectivity index (χ3n) is 10.8. The highest BCUT2D eigenvalue weighted by Crippen LogP contribution is 2.48. The van der Waals surface area contributed by atoms with Gasteiger partial charge in [-0.05, 0) is 64.5 Å². The van der Waals surface area contributed by atoms with E-state index in [9.17, 15) is 9.59 Å². The van der Waals surface area contributed by atoms with Gasteiger partial charge in [0.25, 0.3) is 0 Å². The van der Waals surface area contributed by atoms with E-state index in [4.69, 9.17) is 33.0 Å². The number of fused-ring (bicyclic) bond motifs is 2. The predicted molar refractivity (Wildman–Crippen MR) is 184 cm³/mol. The van der Waals surface area contributed by atoms with Gasteiger partial charge in [-0.1, -0.05) is 29.8 Å². The number of carbonyl (C=O) groups is 2. The van der Waals surface area contributed by atoms with Gasteiger partial charge in [0.1, 0.15) is 6.61 Å². The Hall–Kier alpha value is -3.12. The van der Waals surface area contributed by atoms with Crippen LogP contribution in [-0.4, -0.2) is 117 Å². The Balaban J connectivity index is 1.19. The molecule has 0 radical (unpaired) electrons. The predicted octanol–water partition coefficient (Wildman–Crippen LogP) is 4.93. The number of hydrogen-bond acceptors (Lipinski definition) is 7. The average Bonchev–Trinajstić information content (AvgIpc) is 3.65. The summed E-state index contributed by atoms with van der Waals surface area (Å²) >= 11 is 13.8. The lowest BCUT2D eigenvalue weighted by Gasteiger charge is -2.49. The van der Waals surface area contributed by atoms with Crippen LogP contribution in [0.3, 0.4) is 0 Å². The van der Waals surface area contributed by atoms with Crippen LogP contribution in [-0.2, 0) is 14.3 Å². The summed E-state index contributed by atoms with van der Waals surface area (Å²) in [6, 6.07) is 2.12. The summed E-state index contributed by atoms with van der Waals surface area (Å²) in [7, 11) is 0. The molecule has 4 fully saturated rings. The number of amides is 2. The van der Waals surface area contributed by atoms with Crippen molar-refractivity contribution in [2.75, 3.05) is 63.9 Å². The SMILES string of the molecule is C=CC(=O)N1CCC(n2nc(N3CC[C@@H](CN4CCN5C(=O)COC[C@@H]5C4)CC3(C)C)c(-c3c(Cl)c(Cl)cc4[nH]ncc34)c2C)CC1. The minimum Gasteiger partial charge on any atom is -0.369 e. The number of aromatic amines is 1. The molecule has 0 spiro atoms. The van der Waals surface area contributed by atoms with Crippen molar-refractivity contribution < 1.29 is 14.3 Å². The fraction of sp³-hybridized carbons (Fsp3) is 0.588.